The van der Waals surface area contributed by atoms with Crippen LogP contribution in [0.25, 0.3) is 21.7 Å². The lowest BCUT2D eigenvalue weighted by Gasteiger charge is -2.01. The molecule has 2 nitrogen and oxygen atoms in total. The van der Waals surface area contributed by atoms with Crippen molar-refractivity contribution in [2.24, 2.45) is 0 Å². The van der Waals surface area contributed by atoms with Gasteiger partial charge in [-0.15, -0.1) is 11.3 Å². The topological polar surface area (TPSA) is 25.8 Å². The summed E-state index contributed by atoms with van der Waals surface area (Å²) in [4.78, 5) is 10.8. The molecule has 0 aliphatic rings. The summed E-state index contributed by atoms with van der Waals surface area (Å²) in [5.41, 5.74) is 3.12. The number of aryl methyl sites for hydroxylation is 1. The van der Waals surface area contributed by atoms with E-state index in [1.54, 1.807) is 23.7 Å². The van der Waals surface area contributed by atoms with E-state index >= 15 is 0 Å². The van der Waals surface area contributed by atoms with Gasteiger partial charge < -0.3 is 0 Å². The molecule has 3 rings (SSSR count). The predicted molar refractivity (Wildman–Crippen MR) is 80.5 cm³/mol. The summed E-state index contributed by atoms with van der Waals surface area (Å²) >= 11 is 7.78. The Kier molecular flexibility index (Phi) is 3.32. The number of rotatable bonds is 2. The van der Waals surface area contributed by atoms with Gasteiger partial charge in [-0.25, -0.2) is 0 Å². The van der Waals surface area contributed by atoms with Gasteiger partial charge >= 0.3 is 0 Å². The summed E-state index contributed by atoms with van der Waals surface area (Å²) in [6, 6.07) is 9.99. The van der Waals surface area contributed by atoms with Gasteiger partial charge in [0.1, 0.15) is 0 Å². The number of thiophene rings is 1. The first-order valence-electron chi connectivity index (χ1n) is 5.87. The number of aromatic nitrogens is 2. The lowest BCUT2D eigenvalue weighted by molar-refractivity contribution is 1.29. The molecule has 4 heteroatoms. The van der Waals surface area contributed by atoms with Gasteiger partial charge in [-0.2, -0.15) is 0 Å². The summed E-state index contributed by atoms with van der Waals surface area (Å²) in [6.07, 6.45) is 5.43. The summed E-state index contributed by atoms with van der Waals surface area (Å²) in [5, 5.41) is 0.818. The zero-order chi connectivity index (χ0) is 13.2. The SMILES string of the molecule is Cc1sc(-c2ccc(-c3ccncc3)nc2)cc1Cl. The van der Waals surface area contributed by atoms with Gasteiger partial charge in [0, 0.05) is 39.5 Å². The van der Waals surface area contributed by atoms with Gasteiger partial charge in [-0.05, 0) is 37.3 Å². The van der Waals surface area contributed by atoms with Crippen LogP contribution in [0.5, 0.6) is 0 Å². The van der Waals surface area contributed by atoms with Crippen molar-refractivity contribution in [3.05, 3.63) is 58.8 Å². The molecule has 3 heterocycles. The van der Waals surface area contributed by atoms with Gasteiger partial charge in [-0.3, -0.25) is 9.97 Å². The maximum Gasteiger partial charge on any atom is 0.0703 e. The average molecular weight is 287 g/mol. The monoisotopic (exact) mass is 286 g/mol. The van der Waals surface area contributed by atoms with E-state index in [0.29, 0.717) is 0 Å². The minimum Gasteiger partial charge on any atom is -0.265 e. The molecule has 0 amide bonds. The number of hydrogen-bond acceptors (Lipinski definition) is 3. The third-order valence-corrected chi connectivity index (χ3v) is 4.49. The Morgan fingerprint density at radius 2 is 1.84 bits per heavy atom. The summed E-state index contributed by atoms with van der Waals surface area (Å²) < 4.78 is 0. The summed E-state index contributed by atoms with van der Waals surface area (Å²) in [5.74, 6) is 0. The van der Waals surface area contributed by atoms with E-state index in [4.69, 9.17) is 11.6 Å². The Morgan fingerprint density at radius 1 is 1.05 bits per heavy atom. The highest BCUT2D eigenvalue weighted by Gasteiger charge is 2.06. The molecule has 0 saturated heterocycles. The smallest absolute Gasteiger partial charge is 0.0703 e. The maximum atomic E-state index is 6.09. The van der Waals surface area contributed by atoms with Crippen molar-refractivity contribution < 1.29 is 0 Å². The van der Waals surface area contributed by atoms with E-state index in [1.165, 1.54) is 0 Å². The molecule has 0 aromatic carbocycles. The van der Waals surface area contributed by atoms with Crippen molar-refractivity contribution in [3.63, 3.8) is 0 Å². The molecule has 0 bridgehead atoms. The Balaban J connectivity index is 1.95. The molecular formula is C15H11ClN2S. The molecule has 0 N–H and O–H groups in total. The van der Waals surface area contributed by atoms with Crippen LogP contribution in [0.3, 0.4) is 0 Å². The average Bonchev–Trinajstić information content (AvgIpc) is 2.80. The second-order valence-electron chi connectivity index (χ2n) is 4.18. The fourth-order valence-electron chi connectivity index (χ4n) is 1.84. The van der Waals surface area contributed by atoms with Gasteiger partial charge in [0.2, 0.25) is 0 Å². The molecule has 3 aromatic rings. The highest BCUT2D eigenvalue weighted by molar-refractivity contribution is 7.16. The third-order valence-electron chi connectivity index (χ3n) is 2.88. The van der Waals surface area contributed by atoms with Gasteiger partial charge in [0.05, 0.1) is 10.7 Å². The number of hydrogen-bond donors (Lipinski definition) is 0. The quantitative estimate of drug-likeness (QED) is 0.674. The predicted octanol–water partition coefficient (Wildman–Crippen LogP) is 4.83. The minimum atomic E-state index is 0.818. The van der Waals surface area contributed by atoms with E-state index in [2.05, 4.69) is 16.0 Å². The van der Waals surface area contributed by atoms with Crippen LogP contribution in [-0.4, -0.2) is 9.97 Å². The fourth-order valence-corrected chi connectivity index (χ4v) is 3.03. The third kappa shape index (κ3) is 2.53. The van der Waals surface area contributed by atoms with Gasteiger partial charge in [0.15, 0.2) is 0 Å². The van der Waals surface area contributed by atoms with Crippen molar-refractivity contribution >= 4 is 22.9 Å². The number of nitrogens with zero attached hydrogens (tertiary/aromatic N) is 2. The van der Waals surface area contributed by atoms with Crippen molar-refractivity contribution in [3.8, 4) is 21.7 Å². The molecule has 0 aliphatic carbocycles. The first-order chi connectivity index (χ1) is 9.24. The van der Waals surface area contributed by atoms with Crippen molar-refractivity contribution in [1.29, 1.82) is 0 Å². The van der Waals surface area contributed by atoms with E-state index in [0.717, 1.165) is 31.6 Å². The Hall–Kier alpha value is -1.71. The van der Waals surface area contributed by atoms with E-state index in [-0.39, 0.29) is 0 Å². The van der Waals surface area contributed by atoms with Crippen LogP contribution in [0.2, 0.25) is 5.02 Å². The molecule has 0 aliphatic heterocycles. The highest BCUT2D eigenvalue weighted by Crippen LogP contribution is 2.33. The van der Waals surface area contributed by atoms with Crippen LogP contribution in [0.1, 0.15) is 4.88 Å². The normalized spacial score (nSPS) is 10.6. The van der Waals surface area contributed by atoms with Crippen LogP contribution in [0, 0.1) is 6.92 Å². The molecule has 0 unspecified atom stereocenters. The van der Waals surface area contributed by atoms with Crippen LogP contribution in [0.15, 0.2) is 48.9 Å². The number of pyridine rings is 2. The van der Waals surface area contributed by atoms with Crippen LogP contribution in [0.4, 0.5) is 0 Å². The summed E-state index contributed by atoms with van der Waals surface area (Å²) in [7, 11) is 0. The Morgan fingerprint density at radius 3 is 2.42 bits per heavy atom. The maximum absolute atomic E-state index is 6.09. The largest absolute Gasteiger partial charge is 0.265 e. The second-order valence-corrected chi connectivity index (χ2v) is 5.85. The molecule has 19 heavy (non-hydrogen) atoms. The molecule has 0 radical (unpaired) electrons. The van der Waals surface area contributed by atoms with Gasteiger partial charge in [0.25, 0.3) is 0 Å². The van der Waals surface area contributed by atoms with Crippen molar-refractivity contribution in [2.45, 2.75) is 6.92 Å². The molecule has 0 atom stereocenters. The molecular weight excluding hydrogens is 276 g/mol. The Labute approximate surface area is 120 Å². The molecule has 0 spiro atoms. The Bertz CT molecular complexity index is 670. The van der Waals surface area contributed by atoms with Crippen LogP contribution >= 0.6 is 22.9 Å². The van der Waals surface area contributed by atoms with E-state index < -0.39 is 0 Å². The standard InChI is InChI=1S/C15H11ClN2S/c1-10-13(16)8-15(19-10)12-2-3-14(18-9-12)11-4-6-17-7-5-11/h2-9H,1H3. The van der Waals surface area contributed by atoms with Crippen molar-refractivity contribution in [2.75, 3.05) is 0 Å². The molecule has 3 aromatic heterocycles. The van der Waals surface area contributed by atoms with Gasteiger partial charge in [-0.1, -0.05) is 11.6 Å². The first-order valence-corrected chi connectivity index (χ1v) is 7.06. The molecule has 0 saturated carbocycles. The number of halogens is 1. The van der Waals surface area contributed by atoms with E-state index in [9.17, 15) is 0 Å². The zero-order valence-electron chi connectivity index (χ0n) is 10.3. The zero-order valence-corrected chi connectivity index (χ0v) is 11.9. The minimum absolute atomic E-state index is 0.818. The van der Waals surface area contributed by atoms with Crippen molar-refractivity contribution in [1.82, 2.24) is 9.97 Å². The summed E-state index contributed by atoms with van der Waals surface area (Å²) in [6.45, 7) is 2.02. The van der Waals surface area contributed by atoms with Crippen LogP contribution < -0.4 is 0 Å². The highest BCUT2D eigenvalue weighted by atomic mass is 35.5. The molecule has 0 fully saturated rings. The lowest BCUT2D eigenvalue weighted by Crippen LogP contribution is -1.84. The lowest BCUT2D eigenvalue weighted by atomic mass is 10.1. The van der Waals surface area contributed by atoms with Crippen LogP contribution in [-0.2, 0) is 0 Å². The first kappa shape index (κ1) is 12.3. The second kappa shape index (κ2) is 5.11. The fraction of sp³-hybridized carbons (Fsp3) is 0.0667. The molecule has 94 valence electrons. The van der Waals surface area contributed by atoms with E-state index in [1.807, 2.05) is 37.4 Å².